The number of nitrogen functional groups attached to an aromatic ring is 1. The zero-order valence-electron chi connectivity index (χ0n) is 11.7. The van der Waals surface area contributed by atoms with Crippen molar-refractivity contribution in [1.82, 2.24) is 20.3 Å². The van der Waals surface area contributed by atoms with Crippen molar-refractivity contribution in [2.24, 2.45) is 5.10 Å². The van der Waals surface area contributed by atoms with Gasteiger partial charge in [-0.1, -0.05) is 9.89 Å². The highest BCUT2D eigenvalue weighted by Gasteiger charge is 2.11. The van der Waals surface area contributed by atoms with Crippen LogP contribution in [0.5, 0.6) is 11.5 Å². The fraction of sp³-hybridized carbons (Fsp3) is 0.333. The van der Waals surface area contributed by atoms with Crippen LogP contribution in [0.4, 0.5) is 5.95 Å². The van der Waals surface area contributed by atoms with Crippen molar-refractivity contribution >= 4 is 28.1 Å². The van der Waals surface area contributed by atoms with Gasteiger partial charge in [-0.05, 0) is 57.9 Å². The lowest BCUT2D eigenvalue weighted by molar-refractivity contribution is 0.286. The van der Waals surface area contributed by atoms with E-state index in [1.165, 1.54) is 0 Å². The molecular weight excluding hydrogens is 340 g/mol. The Kier molecular flexibility index (Phi) is 5.09. The van der Waals surface area contributed by atoms with E-state index in [4.69, 9.17) is 15.2 Å². The predicted octanol–water partition coefficient (Wildman–Crippen LogP) is 1.70. The number of tetrazole rings is 1. The van der Waals surface area contributed by atoms with Crippen LogP contribution < -0.4 is 15.2 Å². The SMILES string of the molecule is CCOc1cc(/C=N\n2nnnc2N)cc(Br)c1OCC. The van der Waals surface area contributed by atoms with Gasteiger partial charge in [-0.3, -0.25) is 0 Å². The largest absolute Gasteiger partial charge is 0.490 e. The van der Waals surface area contributed by atoms with Crippen molar-refractivity contribution in [3.05, 3.63) is 22.2 Å². The molecule has 1 heterocycles. The maximum absolute atomic E-state index is 5.58. The molecule has 0 aliphatic heterocycles. The monoisotopic (exact) mass is 354 g/mol. The first kappa shape index (κ1) is 15.2. The number of ether oxygens (including phenoxy) is 2. The standard InChI is InChI=1S/C12H15BrN6O2/c1-3-20-10-6-8(5-9(13)11(10)21-4-2)7-15-19-12(14)16-17-18-19/h5-7H,3-4H2,1-2H3,(H2,14,16,18)/b15-7-. The van der Waals surface area contributed by atoms with E-state index in [1.54, 1.807) is 6.21 Å². The summed E-state index contributed by atoms with van der Waals surface area (Å²) in [7, 11) is 0. The van der Waals surface area contributed by atoms with Crippen LogP contribution in [0.15, 0.2) is 21.7 Å². The van der Waals surface area contributed by atoms with Gasteiger partial charge in [0.2, 0.25) is 0 Å². The molecule has 0 amide bonds. The van der Waals surface area contributed by atoms with Crippen LogP contribution in [-0.4, -0.2) is 39.7 Å². The van der Waals surface area contributed by atoms with E-state index >= 15 is 0 Å². The maximum Gasteiger partial charge on any atom is 0.263 e. The third-order valence-corrected chi connectivity index (χ3v) is 3.00. The van der Waals surface area contributed by atoms with Crippen LogP contribution >= 0.6 is 15.9 Å². The molecule has 0 aliphatic carbocycles. The fourth-order valence-electron chi connectivity index (χ4n) is 1.60. The molecule has 1 aromatic heterocycles. The Bertz CT molecular complexity index is 643. The molecule has 2 rings (SSSR count). The molecule has 0 saturated carbocycles. The Morgan fingerprint density at radius 2 is 2.10 bits per heavy atom. The number of nitrogens with two attached hydrogens (primary N) is 1. The summed E-state index contributed by atoms with van der Waals surface area (Å²) in [6.45, 7) is 4.91. The number of aromatic nitrogens is 4. The Hall–Kier alpha value is -2.16. The first-order chi connectivity index (χ1) is 10.2. The Morgan fingerprint density at radius 1 is 1.33 bits per heavy atom. The van der Waals surface area contributed by atoms with Gasteiger partial charge in [0.1, 0.15) is 0 Å². The van der Waals surface area contributed by atoms with Gasteiger partial charge in [-0.2, -0.15) is 5.10 Å². The molecule has 0 saturated heterocycles. The van der Waals surface area contributed by atoms with E-state index in [1.807, 2.05) is 26.0 Å². The van der Waals surface area contributed by atoms with Crippen LogP contribution in [0.25, 0.3) is 0 Å². The highest BCUT2D eigenvalue weighted by atomic mass is 79.9. The first-order valence-corrected chi connectivity index (χ1v) is 7.12. The minimum atomic E-state index is 0.112. The molecule has 0 atom stereocenters. The number of hydrogen-bond donors (Lipinski definition) is 1. The van der Waals surface area contributed by atoms with E-state index in [2.05, 4.69) is 36.6 Å². The average molecular weight is 355 g/mol. The molecule has 8 nitrogen and oxygen atoms in total. The van der Waals surface area contributed by atoms with Crippen molar-refractivity contribution in [3.63, 3.8) is 0 Å². The molecule has 2 N–H and O–H groups in total. The van der Waals surface area contributed by atoms with E-state index in [9.17, 15) is 0 Å². The van der Waals surface area contributed by atoms with Gasteiger partial charge >= 0.3 is 0 Å². The van der Waals surface area contributed by atoms with Crippen LogP contribution in [0.3, 0.4) is 0 Å². The maximum atomic E-state index is 5.58. The number of nitrogens with zero attached hydrogens (tertiary/aromatic N) is 5. The highest BCUT2D eigenvalue weighted by Crippen LogP contribution is 2.36. The zero-order valence-corrected chi connectivity index (χ0v) is 13.2. The summed E-state index contributed by atoms with van der Waals surface area (Å²) in [6, 6.07) is 3.68. The summed E-state index contributed by atoms with van der Waals surface area (Å²) in [5, 5.41) is 14.6. The molecule has 0 fully saturated rings. The van der Waals surface area contributed by atoms with Crippen molar-refractivity contribution in [2.75, 3.05) is 18.9 Å². The van der Waals surface area contributed by atoms with Crippen LogP contribution in [0.2, 0.25) is 0 Å². The number of rotatable bonds is 6. The van der Waals surface area contributed by atoms with Gasteiger partial charge in [-0.15, -0.1) is 0 Å². The summed E-state index contributed by atoms with van der Waals surface area (Å²) >= 11 is 3.46. The van der Waals surface area contributed by atoms with Gasteiger partial charge in [-0.25, -0.2) is 0 Å². The number of benzene rings is 1. The summed E-state index contributed by atoms with van der Waals surface area (Å²) in [5.41, 5.74) is 6.33. The first-order valence-electron chi connectivity index (χ1n) is 6.33. The molecule has 1 aromatic carbocycles. The fourth-order valence-corrected chi connectivity index (χ4v) is 2.18. The third-order valence-electron chi connectivity index (χ3n) is 2.41. The number of halogens is 1. The Labute approximate surface area is 130 Å². The van der Waals surface area contributed by atoms with Crippen molar-refractivity contribution in [2.45, 2.75) is 13.8 Å². The van der Waals surface area contributed by atoms with Crippen LogP contribution in [0.1, 0.15) is 19.4 Å². The lowest BCUT2D eigenvalue weighted by atomic mass is 10.2. The predicted molar refractivity (Wildman–Crippen MR) is 81.7 cm³/mol. The molecule has 21 heavy (non-hydrogen) atoms. The molecule has 2 aromatic rings. The third kappa shape index (κ3) is 3.69. The quantitative estimate of drug-likeness (QED) is 0.792. The second kappa shape index (κ2) is 7.02. The van der Waals surface area contributed by atoms with Gasteiger partial charge in [0, 0.05) is 0 Å². The van der Waals surface area contributed by atoms with Crippen LogP contribution in [0, 0.1) is 0 Å². The van der Waals surface area contributed by atoms with E-state index in [0.717, 1.165) is 14.8 Å². The topological polar surface area (TPSA) is 100 Å². The lowest BCUT2D eigenvalue weighted by Gasteiger charge is -2.13. The van der Waals surface area contributed by atoms with E-state index < -0.39 is 0 Å². The second-order valence-corrected chi connectivity index (χ2v) is 4.72. The van der Waals surface area contributed by atoms with Gasteiger partial charge in [0.15, 0.2) is 11.5 Å². The van der Waals surface area contributed by atoms with Gasteiger partial charge in [0.25, 0.3) is 5.95 Å². The molecule has 0 aliphatic rings. The summed E-state index contributed by atoms with van der Waals surface area (Å²) in [5.74, 6) is 1.42. The molecule has 0 spiro atoms. The Morgan fingerprint density at radius 3 is 2.71 bits per heavy atom. The van der Waals surface area contributed by atoms with Crippen molar-refractivity contribution in [3.8, 4) is 11.5 Å². The van der Waals surface area contributed by atoms with Gasteiger partial charge < -0.3 is 15.2 Å². The second-order valence-electron chi connectivity index (χ2n) is 3.87. The minimum absolute atomic E-state index is 0.112. The molecule has 0 radical (unpaired) electrons. The average Bonchev–Trinajstić information content (AvgIpc) is 2.86. The summed E-state index contributed by atoms with van der Waals surface area (Å²) < 4.78 is 11.9. The smallest absolute Gasteiger partial charge is 0.263 e. The zero-order chi connectivity index (χ0) is 15.2. The lowest BCUT2D eigenvalue weighted by Crippen LogP contribution is -2.02. The number of anilines is 1. The van der Waals surface area contributed by atoms with Crippen molar-refractivity contribution in [1.29, 1.82) is 0 Å². The normalized spacial score (nSPS) is 11.0. The summed E-state index contributed by atoms with van der Waals surface area (Å²) in [6.07, 6.45) is 1.58. The molecule has 0 unspecified atom stereocenters. The molecule has 0 bridgehead atoms. The van der Waals surface area contributed by atoms with E-state index in [0.29, 0.717) is 24.7 Å². The minimum Gasteiger partial charge on any atom is -0.490 e. The van der Waals surface area contributed by atoms with Gasteiger partial charge in [0.05, 0.1) is 23.9 Å². The summed E-state index contributed by atoms with van der Waals surface area (Å²) in [4.78, 5) is 1.13. The molecule has 112 valence electrons. The van der Waals surface area contributed by atoms with Crippen LogP contribution in [-0.2, 0) is 0 Å². The number of hydrogen-bond acceptors (Lipinski definition) is 7. The van der Waals surface area contributed by atoms with Crippen molar-refractivity contribution < 1.29 is 9.47 Å². The van der Waals surface area contributed by atoms with E-state index in [-0.39, 0.29) is 5.95 Å². The Balaban J connectivity index is 2.32. The molecule has 9 heteroatoms. The molecular formula is C12H15BrN6O2. The highest BCUT2D eigenvalue weighted by molar-refractivity contribution is 9.10.